The molecular formula is C20H23N3O3. The Hall–Kier alpha value is -2.76. The van der Waals surface area contributed by atoms with E-state index in [1.807, 2.05) is 19.1 Å². The van der Waals surface area contributed by atoms with Crippen molar-refractivity contribution >= 4 is 17.5 Å². The normalized spacial score (nSPS) is 21.7. The van der Waals surface area contributed by atoms with Crippen molar-refractivity contribution in [1.82, 2.24) is 10.2 Å². The van der Waals surface area contributed by atoms with Gasteiger partial charge in [0, 0.05) is 31.9 Å². The Morgan fingerprint density at radius 3 is 2.81 bits per heavy atom. The molecular weight excluding hydrogens is 330 g/mol. The van der Waals surface area contributed by atoms with Crippen molar-refractivity contribution in [3.05, 3.63) is 54.0 Å². The van der Waals surface area contributed by atoms with Crippen LogP contribution in [-0.4, -0.2) is 48.9 Å². The van der Waals surface area contributed by atoms with Crippen molar-refractivity contribution < 1.29 is 14.0 Å². The van der Waals surface area contributed by atoms with Gasteiger partial charge in [-0.1, -0.05) is 18.2 Å². The number of hydrogen-bond donors (Lipinski definition) is 1. The summed E-state index contributed by atoms with van der Waals surface area (Å²) in [6.45, 7) is 4.39. The van der Waals surface area contributed by atoms with Crippen LogP contribution >= 0.6 is 0 Å². The van der Waals surface area contributed by atoms with Gasteiger partial charge in [0.05, 0.1) is 18.2 Å². The van der Waals surface area contributed by atoms with Crippen LogP contribution in [0, 0.1) is 5.92 Å². The minimum absolute atomic E-state index is 0.0240. The number of carbonyl (C=O) groups is 2. The quantitative estimate of drug-likeness (QED) is 0.916. The van der Waals surface area contributed by atoms with Crippen LogP contribution in [0.2, 0.25) is 0 Å². The fourth-order valence-electron chi connectivity index (χ4n) is 4.10. The van der Waals surface area contributed by atoms with Crippen molar-refractivity contribution in [2.45, 2.75) is 19.4 Å². The molecule has 1 fully saturated rings. The van der Waals surface area contributed by atoms with Crippen molar-refractivity contribution in [2.75, 3.05) is 31.1 Å². The standard InChI is InChI=1S/C20H23N3O3/c1-2-21-19(24)15-12-14-6-3-4-7-16(14)23-10-9-22(13-17(15)23)20(25)18-8-5-11-26-18/h3-8,11,15,17H,2,9-10,12-13H2,1H3,(H,21,24). The van der Waals surface area contributed by atoms with Crippen LogP contribution in [0.4, 0.5) is 5.69 Å². The van der Waals surface area contributed by atoms with Gasteiger partial charge in [-0.3, -0.25) is 9.59 Å². The first-order valence-corrected chi connectivity index (χ1v) is 9.14. The number of hydrogen-bond acceptors (Lipinski definition) is 4. The Morgan fingerprint density at radius 2 is 2.04 bits per heavy atom. The van der Waals surface area contributed by atoms with E-state index in [1.165, 1.54) is 17.5 Å². The van der Waals surface area contributed by atoms with Gasteiger partial charge in [0.1, 0.15) is 0 Å². The fourth-order valence-corrected chi connectivity index (χ4v) is 4.10. The number of para-hydroxylation sites is 1. The summed E-state index contributed by atoms with van der Waals surface area (Å²) in [6.07, 6.45) is 2.21. The second kappa shape index (κ2) is 6.86. The third kappa shape index (κ3) is 2.85. The molecule has 3 heterocycles. The molecule has 2 aromatic rings. The van der Waals surface area contributed by atoms with Gasteiger partial charge in [-0.25, -0.2) is 0 Å². The van der Waals surface area contributed by atoms with Gasteiger partial charge in [-0.15, -0.1) is 0 Å². The average Bonchev–Trinajstić information content (AvgIpc) is 3.21. The van der Waals surface area contributed by atoms with E-state index >= 15 is 0 Å². The molecule has 0 spiro atoms. The first-order valence-electron chi connectivity index (χ1n) is 9.14. The SMILES string of the molecule is CCNC(=O)C1Cc2ccccc2N2CCN(C(=O)c3ccco3)CC12. The van der Waals surface area contributed by atoms with E-state index in [-0.39, 0.29) is 23.8 Å². The Kier molecular flexibility index (Phi) is 4.41. The lowest BCUT2D eigenvalue weighted by atomic mass is 9.83. The number of furan rings is 1. The molecule has 4 rings (SSSR count). The van der Waals surface area contributed by atoms with E-state index in [0.717, 1.165) is 0 Å². The molecule has 0 bridgehead atoms. The Labute approximate surface area is 152 Å². The van der Waals surface area contributed by atoms with Gasteiger partial charge in [0.2, 0.25) is 5.91 Å². The molecule has 0 saturated carbocycles. The van der Waals surface area contributed by atoms with Crippen LogP contribution in [0.15, 0.2) is 47.1 Å². The van der Waals surface area contributed by atoms with E-state index in [0.29, 0.717) is 38.4 Å². The Bertz CT molecular complexity index is 802. The highest BCUT2D eigenvalue weighted by atomic mass is 16.3. The highest BCUT2D eigenvalue weighted by Crippen LogP contribution is 2.36. The summed E-state index contributed by atoms with van der Waals surface area (Å²) < 4.78 is 5.27. The lowest BCUT2D eigenvalue weighted by Crippen LogP contribution is -2.62. The molecule has 0 radical (unpaired) electrons. The van der Waals surface area contributed by atoms with Gasteiger partial charge in [0.15, 0.2) is 5.76 Å². The maximum Gasteiger partial charge on any atom is 0.289 e. The minimum atomic E-state index is -0.169. The highest BCUT2D eigenvalue weighted by Gasteiger charge is 2.42. The number of nitrogens with one attached hydrogen (secondary N) is 1. The molecule has 2 atom stereocenters. The van der Waals surface area contributed by atoms with Gasteiger partial charge in [0.25, 0.3) is 5.91 Å². The number of carbonyl (C=O) groups excluding carboxylic acids is 2. The first-order chi connectivity index (χ1) is 12.7. The van der Waals surface area contributed by atoms with Crippen LogP contribution in [0.3, 0.4) is 0 Å². The molecule has 2 unspecified atom stereocenters. The molecule has 1 N–H and O–H groups in total. The van der Waals surface area contributed by atoms with Crippen molar-refractivity contribution in [1.29, 1.82) is 0 Å². The summed E-state index contributed by atoms with van der Waals surface area (Å²) in [5.41, 5.74) is 2.38. The topological polar surface area (TPSA) is 65.8 Å². The van der Waals surface area contributed by atoms with Gasteiger partial charge < -0.3 is 19.5 Å². The summed E-state index contributed by atoms with van der Waals surface area (Å²) in [5, 5.41) is 2.96. The van der Waals surface area contributed by atoms with Gasteiger partial charge in [-0.05, 0) is 37.1 Å². The number of anilines is 1. The zero-order chi connectivity index (χ0) is 18.1. The second-order valence-electron chi connectivity index (χ2n) is 6.82. The van der Waals surface area contributed by atoms with Crippen molar-refractivity contribution in [3.63, 3.8) is 0 Å². The number of amides is 2. The number of rotatable bonds is 3. The summed E-state index contributed by atoms with van der Waals surface area (Å²) in [5.74, 6) is 0.133. The van der Waals surface area contributed by atoms with Crippen molar-refractivity contribution in [2.24, 2.45) is 5.92 Å². The monoisotopic (exact) mass is 353 g/mol. The predicted octanol–water partition coefficient (Wildman–Crippen LogP) is 1.92. The zero-order valence-electron chi connectivity index (χ0n) is 14.9. The van der Waals surface area contributed by atoms with E-state index in [4.69, 9.17) is 4.42 Å². The fraction of sp³-hybridized carbons (Fsp3) is 0.400. The largest absolute Gasteiger partial charge is 0.459 e. The molecule has 1 aromatic carbocycles. The maximum absolute atomic E-state index is 12.7. The van der Waals surface area contributed by atoms with Crippen LogP contribution < -0.4 is 10.2 Å². The highest BCUT2D eigenvalue weighted by molar-refractivity contribution is 5.92. The van der Waals surface area contributed by atoms with E-state index in [2.05, 4.69) is 22.3 Å². The zero-order valence-corrected chi connectivity index (χ0v) is 14.9. The lowest BCUT2D eigenvalue weighted by molar-refractivity contribution is -0.126. The Balaban J connectivity index is 1.63. The average molecular weight is 353 g/mol. The van der Waals surface area contributed by atoms with Crippen LogP contribution in [0.5, 0.6) is 0 Å². The smallest absolute Gasteiger partial charge is 0.289 e. The third-order valence-electron chi connectivity index (χ3n) is 5.33. The van der Waals surface area contributed by atoms with Gasteiger partial charge >= 0.3 is 0 Å². The molecule has 2 amide bonds. The van der Waals surface area contributed by atoms with Crippen LogP contribution in [-0.2, 0) is 11.2 Å². The van der Waals surface area contributed by atoms with E-state index < -0.39 is 0 Å². The molecule has 0 aliphatic carbocycles. The molecule has 26 heavy (non-hydrogen) atoms. The molecule has 6 heteroatoms. The summed E-state index contributed by atoms with van der Waals surface area (Å²) in [4.78, 5) is 29.5. The maximum atomic E-state index is 12.7. The minimum Gasteiger partial charge on any atom is -0.459 e. The van der Waals surface area contributed by atoms with Crippen LogP contribution in [0.25, 0.3) is 0 Å². The third-order valence-corrected chi connectivity index (χ3v) is 5.33. The van der Waals surface area contributed by atoms with Crippen molar-refractivity contribution in [3.8, 4) is 0 Å². The second-order valence-corrected chi connectivity index (χ2v) is 6.82. The number of nitrogens with zero attached hydrogens (tertiary/aromatic N) is 2. The number of piperazine rings is 1. The number of fused-ring (bicyclic) bond motifs is 3. The van der Waals surface area contributed by atoms with Crippen LogP contribution in [0.1, 0.15) is 23.0 Å². The summed E-state index contributed by atoms with van der Waals surface area (Å²) in [6, 6.07) is 11.6. The lowest BCUT2D eigenvalue weighted by Gasteiger charge is -2.48. The van der Waals surface area contributed by atoms with E-state index in [1.54, 1.807) is 17.0 Å². The first kappa shape index (κ1) is 16.7. The molecule has 136 valence electrons. The Morgan fingerprint density at radius 1 is 1.19 bits per heavy atom. The molecule has 1 saturated heterocycles. The van der Waals surface area contributed by atoms with Gasteiger partial charge in [-0.2, -0.15) is 0 Å². The summed E-state index contributed by atoms with van der Waals surface area (Å²) >= 11 is 0. The molecule has 2 aliphatic heterocycles. The molecule has 1 aromatic heterocycles. The molecule has 2 aliphatic rings. The summed E-state index contributed by atoms with van der Waals surface area (Å²) in [7, 11) is 0. The van der Waals surface area contributed by atoms with E-state index in [9.17, 15) is 9.59 Å². The number of benzene rings is 1. The predicted molar refractivity (Wildman–Crippen MR) is 98.1 cm³/mol. The molecule has 6 nitrogen and oxygen atoms in total.